The topological polar surface area (TPSA) is 75.9 Å². The van der Waals surface area contributed by atoms with Crippen LogP contribution in [0.4, 0.5) is 23.3 Å². The number of hydrogen-bond donors (Lipinski definition) is 3. The Labute approximate surface area is 131 Å². The van der Waals surface area contributed by atoms with Gasteiger partial charge in [-0.25, -0.2) is 0 Å². The van der Waals surface area contributed by atoms with Crippen LogP contribution in [0, 0.1) is 0 Å². The lowest BCUT2D eigenvalue weighted by Gasteiger charge is -2.11. The normalized spacial score (nSPS) is 10.3. The second-order valence-corrected chi connectivity index (χ2v) is 5.46. The molecule has 1 aromatic heterocycles. The summed E-state index contributed by atoms with van der Waals surface area (Å²) >= 11 is 9.44. The van der Waals surface area contributed by atoms with E-state index in [-0.39, 0.29) is 5.95 Å². The lowest BCUT2D eigenvalue weighted by atomic mass is 10.3. The van der Waals surface area contributed by atoms with Crippen LogP contribution in [0.5, 0.6) is 0 Å². The van der Waals surface area contributed by atoms with Gasteiger partial charge in [0.05, 0.1) is 5.69 Å². The largest absolute Gasteiger partial charge is 0.370 e. The Morgan fingerprint density at radius 2 is 2.00 bits per heavy atom. The Morgan fingerprint density at radius 1 is 1.25 bits per heavy atom. The molecule has 0 atom stereocenters. The molecule has 0 bridgehead atoms. The van der Waals surface area contributed by atoms with Crippen LogP contribution in [0.3, 0.4) is 0 Å². The molecule has 0 unspecified atom stereocenters. The quantitative estimate of drug-likeness (QED) is 0.754. The van der Waals surface area contributed by atoms with Crippen LogP contribution >= 0.6 is 27.5 Å². The third-order valence-electron chi connectivity index (χ3n) is 2.49. The molecule has 5 nitrogen and oxygen atoms in total. The first-order chi connectivity index (χ1) is 9.58. The van der Waals surface area contributed by atoms with Crippen molar-refractivity contribution in [3.63, 3.8) is 0 Å². The number of hydrogen-bond acceptors (Lipinski definition) is 5. The van der Waals surface area contributed by atoms with E-state index < -0.39 is 0 Å². The van der Waals surface area contributed by atoms with Gasteiger partial charge in [-0.15, -0.1) is 0 Å². The maximum absolute atomic E-state index is 5.98. The highest BCUT2D eigenvalue weighted by molar-refractivity contribution is 9.10. The van der Waals surface area contributed by atoms with E-state index in [1.807, 2.05) is 12.1 Å². The van der Waals surface area contributed by atoms with Crippen molar-refractivity contribution < 1.29 is 0 Å². The maximum atomic E-state index is 5.98. The first kappa shape index (κ1) is 14.9. The average Bonchev–Trinajstić information content (AvgIpc) is 2.40. The molecule has 0 radical (unpaired) electrons. The third-order valence-corrected chi connectivity index (χ3v) is 3.42. The van der Waals surface area contributed by atoms with Gasteiger partial charge in [0.25, 0.3) is 0 Å². The number of rotatable bonds is 5. The summed E-state index contributed by atoms with van der Waals surface area (Å²) in [4.78, 5) is 8.29. The second kappa shape index (κ2) is 6.76. The first-order valence-electron chi connectivity index (χ1n) is 6.19. The van der Waals surface area contributed by atoms with Gasteiger partial charge in [-0.1, -0.05) is 18.5 Å². The average molecular weight is 357 g/mol. The van der Waals surface area contributed by atoms with Gasteiger partial charge in [0.2, 0.25) is 5.95 Å². The molecule has 0 fully saturated rings. The maximum Gasteiger partial charge on any atom is 0.223 e. The van der Waals surface area contributed by atoms with Crippen molar-refractivity contribution in [2.24, 2.45) is 0 Å². The number of nitrogens with one attached hydrogen (secondary N) is 2. The van der Waals surface area contributed by atoms with Gasteiger partial charge in [-0.05, 0) is 40.5 Å². The minimum Gasteiger partial charge on any atom is -0.370 e. The van der Waals surface area contributed by atoms with Crippen LogP contribution in [-0.4, -0.2) is 16.5 Å². The summed E-state index contributed by atoms with van der Waals surface area (Å²) in [7, 11) is 0. The van der Waals surface area contributed by atoms with Gasteiger partial charge in [0.15, 0.2) is 0 Å². The monoisotopic (exact) mass is 355 g/mol. The molecule has 7 heteroatoms. The summed E-state index contributed by atoms with van der Waals surface area (Å²) in [5.41, 5.74) is 6.53. The van der Waals surface area contributed by atoms with Crippen LogP contribution in [-0.2, 0) is 0 Å². The number of nitrogens with two attached hydrogens (primary N) is 1. The highest BCUT2D eigenvalue weighted by Gasteiger charge is 2.05. The minimum atomic E-state index is 0.215. The van der Waals surface area contributed by atoms with E-state index in [9.17, 15) is 0 Å². The minimum absolute atomic E-state index is 0.215. The van der Waals surface area contributed by atoms with Crippen LogP contribution in [0.15, 0.2) is 28.7 Å². The van der Waals surface area contributed by atoms with Crippen LogP contribution < -0.4 is 16.4 Å². The van der Waals surface area contributed by atoms with Gasteiger partial charge in [0, 0.05) is 22.1 Å². The summed E-state index contributed by atoms with van der Waals surface area (Å²) in [5, 5.41) is 6.99. The molecule has 106 valence electrons. The van der Waals surface area contributed by atoms with Crippen molar-refractivity contribution in [3.8, 4) is 0 Å². The molecule has 0 amide bonds. The Kier molecular flexibility index (Phi) is 5.03. The Hall–Kier alpha value is -1.53. The van der Waals surface area contributed by atoms with Gasteiger partial charge in [-0.3, -0.25) is 0 Å². The van der Waals surface area contributed by atoms with E-state index in [0.29, 0.717) is 16.7 Å². The fourth-order valence-corrected chi connectivity index (χ4v) is 2.12. The van der Waals surface area contributed by atoms with Crippen LogP contribution in [0.25, 0.3) is 0 Å². The molecule has 0 aliphatic carbocycles. The molecule has 2 rings (SSSR count). The van der Waals surface area contributed by atoms with E-state index in [1.165, 1.54) is 0 Å². The van der Waals surface area contributed by atoms with Crippen molar-refractivity contribution in [1.29, 1.82) is 0 Å². The molecule has 1 aromatic carbocycles. The van der Waals surface area contributed by atoms with E-state index in [2.05, 4.69) is 43.5 Å². The van der Waals surface area contributed by atoms with Crippen molar-refractivity contribution >= 4 is 50.8 Å². The molecular weight excluding hydrogens is 342 g/mol. The Bertz CT molecular complexity index is 605. The standard InChI is InChI=1S/C13H15BrClN5/c1-2-5-17-11-7-12(20-13(16)19-11)18-10-6-8(15)3-4-9(10)14/h3-4,6-7H,2,5H2,1H3,(H4,16,17,18,19,20). The number of halogens is 2. The lowest BCUT2D eigenvalue weighted by molar-refractivity contribution is 0.967. The summed E-state index contributed by atoms with van der Waals surface area (Å²) < 4.78 is 0.891. The smallest absolute Gasteiger partial charge is 0.223 e. The fraction of sp³-hybridized carbons (Fsp3) is 0.231. The number of anilines is 4. The van der Waals surface area contributed by atoms with Gasteiger partial charge in [-0.2, -0.15) is 9.97 Å². The summed E-state index contributed by atoms with van der Waals surface area (Å²) in [6.07, 6.45) is 1.01. The van der Waals surface area contributed by atoms with Crippen molar-refractivity contribution in [2.75, 3.05) is 22.9 Å². The highest BCUT2D eigenvalue weighted by Crippen LogP contribution is 2.28. The fourth-order valence-electron chi connectivity index (χ4n) is 1.60. The highest BCUT2D eigenvalue weighted by atomic mass is 79.9. The van der Waals surface area contributed by atoms with Crippen molar-refractivity contribution in [3.05, 3.63) is 33.8 Å². The molecule has 20 heavy (non-hydrogen) atoms. The predicted molar refractivity (Wildman–Crippen MR) is 87.7 cm³/mol. The predicted octanol–water partition coefficient (Wildman–Crippen LogP) is 4.04. The Balaban J connectivity index is 2.24. The first-order valence-corrected chi connectivity index (χ1v) is 7.36. The van der Waals surface area contributed by atoms with E-state index in [1.54, 1.807) is 12.1 Å². The molecule has 0 saturated carbocycles. The summed E-state index contributed by atoms with van der Waals surface area (Å²) in [6.45, 7) is 2.91. The Morgan fingerprint density at radius 3 is 2.75 bits per heavy atom. The van der Waals surface area contributed by atoms with Gasteiger partial charge < -0.3 is 16.4 Å². The van der Waals surface area contributed by atoms with E-state index in [4.69, 9.17) is 17.3 Å². The molecule has 0 saturated heterocycles. The zero-order chi connectivity index (χ0) is 14.5. The molecule has 2 aromatic rings. The third kappa shape index (κ3) is 3.98. The molecule has 1 heterocycles. The number of benzene rings is 1. The zero-order valence-corrected chi connectivity index (χ0v) is 13.3. The molecule has 0 aliphatic heterocycles. The molecule has 0 aliphatic rings. The van der Waals surface area contributed by atoms with Gasteiger partial charge >= 0.3 is 0 Å². The van der Waals surface area contributed by atoms with Crippen molar-refractivity contribution in [1.82, 2.24) is 9.97 Å². The molecule has 0 spiro atoms. The molecular formula is C13H15BrClN5. The molecule has 4 N–H and O–H groups in total. The van der Waals surface area contributed by atoms with Crippen LogP contribution in [0.2, 0.25) is 5.02 Å². The number of aromatic nitrogens is 2. The summed E-state index contributed by atoms with van der Waals surface area (Å²) in [6, 6.07) is 7.29. The zero-order valence-electron chi connectivity index (χ0n) is 11.0. The van der Waals surface area contributed by atoms with Crippen molar-refractivity contribution in [2.45, 2.75) is 13.3 Å². The number of nitrogens with zero attached hydrogens (tertiary/aromatic N) is 2. The van der Waals surface area contributed by atoms with E-state index in [0.717, 1.165) is 23.1 Å². The second-order valence-electron chi connectivity index (χ2n) is 4.17. The van der Waals surface area contributed by atoms with E-state index >= 15 is 0 Å². The van der Waals surface area contributed by atoms with Crippen LogP contribution in [0.1, 0.15) is 13.3 Å². The summed E-state index contributed by atoms with van der Waals surface area (Å²) in [5.74, 6) is 1.52. The number of nitrogen functional groups attached to an aromatic ring is 1. The van der Waals surface area contributed by atoms with Gasteiger partial charge in [0.1, 0.15) is 11.6 Å². The lowest BCUT2D eigenvalue weighted by Crippen LogP contribution is -2.07. The SMILES string of the molecule is CCCNc1cc(Nc2cc(Cl)ccc2Br)nc(N)n1.